The minimum absolute atomic E-state index is 0.749. The summed E-state index contributed by atoms with van der Waals surface area (Å²) in [6, 6.07) is 10.6. The molecule has 2 N–H and O–H groups in total. The van der Waals surface area contributed by atoms with Gasteiger partial charge >= 0.3 is 0 Å². The summed E-state index contributed by atoms with van der Waals surface area (Å²) in [6.45, 7) is 3.89. The summed E-state index contributed by atoms with van der Waals surface area (Å²) < 4.78 is 2.12. The average Bonchev–Trinajstić information content (AvgIpc) is 2.79. The highest BCUT2D eigenvalue weighted by atomic mass is 15.3. The minimum Gasteiger partial charge on any atom is -0.330 e. The zero-order valence-electron chi connectivity index (χ0n) is 11.7. The van der Waals surface area contributed by atoms with Crippen molar-refractivity contribution in [3.8, 4) is 0 Å². The Balaban J connectivity index is 1.84. The monoisotopic (exact) mass is 257 g/mol. The number of nitrogens with zero attached hydrogens (tertiary/aromatic N) is 2. The second-order valence-corrected chi connectivity index (χ2v) is 4.96. The van der Waals surface area contributed by atoms with E-state index in [0.717, 1.165) is 38.8 Å². The molecular weight excluding hydrogens is 234 g/mol. The molecule has 0 fully saturated rings. The lowest BCUT2D eigenvalue weighted by Gasteiger charge is -2.06. The van der Waals surface area contributed by atoms with Gasteiger partial charge in [0.2, 0.25) is 0 Å². The third-order valence-corrected chi connectivity index (χ3v) is 3.53. The standard InChI is InChI=1S/C16H23N3/c1-14-16(10-5-11-17)13-18-19(14)12-6-9-15-7-3-2-4-8-15/h2-4,7-8,13H,5-6,9-12,17H2,1H3. The van der Waals surface area contributed by atoms with Crippen molar-refractivity contribution in [2.75, 3.05) is 6.54 Å². The molecule has 1 aromatic heterocycles. The van der Waals surface area contributed by atoms with Crippen LogP contribution in [-0.2, 0) is 19.4 Å². The molecule has 0 unspecified atom stereocenters. The summed E-state index contributed by atoms with van der Waals surface area (Å²) in [7, 11) is 0. The number of hydrogen-bond acceptors (Lipinski definition) is 2. The van der Waals surface area contributed by atoms with Crippen LogP contribution >= 0.6 is 0 Å². The topological polar surface area (TPSA) is 43.8 Å². The Morgan fingerprint density at radius 1 is 1.11 bits per heavy atom. The largest absolute Gasteiger partial charge is 0.330 e. The van der Waals surface area contributed by atoms with Gasteiger partial charge in [-0.25, -0.2) is 0 Å². The van der Waals surface area contributed by atoms with Crippen LogP contribution in [0.5, 0.6) is 0 Å². The van der Waals surface area contributed by atoms with Gasteiger partial charge in [0.05, 0.1) is 6.20 Å². The van der Waals surface area contributed by atoms with Crippen molar-refractivity contribution >= 4 is 0 Å². The normalized spacial score (nSPS) is 10.8. The average molecular weight is 257 g/mol. The van der Waals surface area contributed by atoms with Crippen molar-refractivity contribution in [1.82, 2.24) is 9.78 Å². The Morgan fingerprint density at radius 2 is 1.89 bits per heavy atom. The van der Waals surface area contributed by atoms with E-state index in [1.165, 1.54) is 16.8 Å². The van der Waals surface area contributed by atoms with Crippen LogP contribution in [0.1, 0.15) is 29.7 Å². The highest BCUT2D eigenvalue weighted by molar-refractivity contribution is 5.17. The van der Waals surface area contributed by atoms with Crippen molar-refractivity contribution in [2.45, 2.75) is 39.2 Å². The Morgan fingerprint density at radius 3 is 2.63 bits per heavy atom. The summed E-state index contributed by atoms with van der Waals surface area (Å²) in [5, 5.41) is 4.48. The predicted octanol–water partition coefficient (Wildman–Crippen LogP) is 2.72. The lowest BCUT2D eigenvalue weighted by Crippen LogP contribution is -2.05. The number of benzene rings is 1. The quantitative estimate of drug-likeness (QED) is 0.829. The fourth-order valence-corrected chi connectivity index (χ4v) is 2.33. The van der Waals surface area contributed by atoms with Crippen LogP contribution in [0.3, 0.4) is 0 Å². The summed E-state index contributed by atoms with van der Waals surface area (Å²) in [4.78, 5) is 0. The molecule has 0 aliphatic heterocycles. The molecule has 0 aliphatic rings. The minimum atomic E-state index is 0.749. The maximum Gasteiger partial charge on any atom is 0.0524 e. The first-order valence-electron chi connectivity index (χ1n) is 7.06. The molecule has 0 bridgehead atoms. The zero-order chi connectivity index (χ0) is 13.5. The summed E-state index contributed by atoms with van der Waals surface area (Å²) in [5.74, 6) is 0. The molecule has 2 aromatic rings. The smallest absolute Gasteiger partial charge is 0.0524 e. The zero-order valence-corrected chi connectivity index (χ0v) is 11.7. The van der Waals surface area contributed by atoms with Gasteiger partial charge in [-0.1, -0.05) is 30.3 Å². The summed E-state index contributed by atoms with van der Waals surface area (Å²) in [6.07, 6.45) is 6.31. The molecule has 0 aliphatic carbocycles. The molecule has 0 atom stereocenters. The van der Waals surface area contributed by atoms with Crippen LogP contribution in [0.15, 0.2) is 36.5 Å². The fourth-order valence-electron chi connectivity index (χ4n) is 2.33. The first-order valence-corrected chi connectivity index (χ1v) is 7.06. The second-order valence-electron chi connectivity index (χ2n) is 4.96. The van der Waals surface area contributed by atoms with Crippen LogP contribution in [0.4, 0.5) is 0 Å². The Labute approximate surface area is 115 Å². The molecule has 3 nitrogen and oxygen atoms in total. The number of rotatable bonds is 7. The number of aryl methyl sites for hydroxylation is 3. The van der Waals surface area contributed by atoms with E-state index in [0.29, 0.717) is 0 Å². The van der Waals surface area contributed by atoms with E-state index in [9.17, 15) is 0 Å². The molecule has 0 radical (unpaired) electrons. The molecule has 0 amide bonds. The van der Waals surface area contributed by atoms with Gasteiger partial charge in [0, 0.05) is 12.2 Å². The maximum absolute atomic E-state index is 5.55. The molecule has 0 spiro atoms. The van der Waals surface area contributed by atoms with Gasteiger partial charge in [0.15, 0.2) is 0 Å². The van der Waals surface area contributed by atoms with Gasteiger partial charge in [-0.3, -0.25) is 4.68 Å². The van der Waals surface area contributed by atoms with Crippen LogP contribution in [0.25, 0.3) is 0 Å². The predicted molar refractivity (Wildman–Crippen MR) is 79.1 cm³/mol. The molecule has 1 heterocycles. The Kier molecular flexibility index (Phi) is 5.16. The first kappa shape index (κ1) is 13.8. The third kappa shape index (κ3) is 3.93. The van der Waals surface area contributed by atoms with Gasteiger partial charge in [-0.05, 0) is 50.3 Å². The van der Waals surface area contributed by atoms with Gasteiger partial charge in [0.1, 0.15) is 0 Å². The van der Waals surface area contributed by atoms with E-state index >= 15 is 0 Å². The van der Waals surface area contributed by atoms with Gasteiger partial charge in [-0.15, -0.1) is 0 Å². The van der Waals surface area contributed by atoms with Crippen LogP contribution in [-0.4, -0.2) is 16.3 Å². The van der Waals surface area contributed by atoms with Crippen molar-refractivity contribution in [2.24, 2.45) is 5.73 Å². The SMILES string of the molecule is Cc1c(CCCN)cnn1CCCc1ccccc1. The van der Waals surface area contributed by atoms with Crippen molar-refractivity contribution < 1.29 is 0 Å². The summed E-state index contributed by atoms with van der Waals surface area (Å²) in [5.41, 5.74) is 9.58. The molecule has 1 aromatic carbocycles. The van der Waals surface area contributed by atoms with Gasteiger partial charge < -0.3 is 5.73 Å². The summed E-state index contributed by atoms with van der Waals surface area (Å²) >= 11 is 0. The van der Waals surface area contributed by atoms with E-state index in [1.807, 2.05) is 6.20 Å². The van der Waals surface area contributed by atoms with E-state index in [1.54, 1.807) is 0 Å². The number of hydrogen-bond donors (Lipinski definition) is 1. The van der Waals surface area contributed by atoms with E-state index < -0.39 is 0 Å². The third-order valence-electron chi connectivity index (χ3n) is 3.53. The van der Waals surface area contributed by atoms with Crippen LogP contribution < -0.4 is 5.73 Å². The molecule has 0 saturated carbocycles. The van der Waals surface area contributed by atoms with Crippen molar-refractivity contribution in [3.63, 3.8) is 0 Å². The van der Waals surface area contributed by atoms with Crippen molar-refractivity contribution in [3.05, 3.63) is 53.3 Å². The van der Waals surface area contributed by atoms with Gasteiger partial charge in [-0.2, -0.15) is 5.10 Å². The lowest BCUT2D eigenvalue weighted by atomic mass is 10.1. The molecule has 19 heavy (non-hydrogen) atoms. The molecule has 2 rings (SSSR count). The second kappa shape index (κ2) is 7.10. The van der Waals surface area contributed by atoms with E-state index in [2.05, 4.69) is 47.0 Å². The molecular formula is C16H23N3. The Hall–Kier alpha value is -1.61. The van der Waals surface area contributed by atoms with Crippen molar-refractivity contribution in [1.29, 1.82) is 0 Å². The molecule has 102 valence electrons. The maximum atomic E-state index is 5.55. The van der Waals surface area contributed by atoms with Gasteiger partial charge in [0.25, 0.3) is 0 Å². The Bertz CT molecular complexity index is 488. The first-order chi connectivity index (χ1) is 9.31. The van der Waals surface area contributed by atoms with Crippen LogP contribution in [0, 0.1) is 6.92 Å². The highest BCUT2D eigenvalue weighted by Gasteiger charge is 2.05. The van der Waals surface area contributed by atoms with Crippen LogP contribution in [0.2, 0.25) is 0 Å². The van der Waals surface area contributed by atoms with E-state index in [-0.39, 0.29) is 0 Å². The number of nitrogens with two attached hydrogens (primary N) is 1. The lowest BCUT2D eigenvalue weighted by molar-refractivity contribution is 0.564. The highest BCUT2D eigenvalue weighted by Crippen LogP contribution is 2.11. The molecule has 0 saturated heterocycles. The number of aromatic nitrogens is 2. The molecule has 3 heteroatoms. The van der Waals surface area contributed by atoms with E-state index in [4.69, 9.17) is 5.73 Å². The fraction of sp³-hybridized carbons (Fsp3) is 0.438.